The molecule has 172 valence electrons. The number of aromatic nitrogens is 1. The lowest BCUT2D eigenvalue weighted by Gasteiger charge is -2.25. The Morgan fingerprint density at radius 3 is 2.41 bits per heavy atom. The first kappa shape index (κ1) is 22.4. The van der Waals surface area contributed by atoms with Gasteiger partial charge >= 0.3 is 0 Å². The molecule has 1 aromatic heterocycles. The molecule has 0 saturated carbocycles. The Balaban J connectivity index is 1.63. The van der Waals surface area contributed by atoms with Gasteiger partial charge in [-0.25, -0.2) is 13.4 Å². The molecule has 0 radical (unpaired) electrons. The second kappa shape index (κ2) is 9.10. The molecule has 4 aromatic rings. The fraction of sp³-hybridized carbons (Fsp3) is 0.115. The Morgan fingerprint density at radius 2 is 1.71 bits per heavy atom. The minimum Gasteiger partial charge on any atom is -0.494 e. The van der Waals surface area contributed by atoms with Crippen molar-refractivity contribution in [2.75, 3.05) is 6.61 Å². The molecule has 0 unspecified atom stereocenters. The number of hydrogen-bond donors (Lipinski definition) is 1. The van der Waals surface area contributed by atoms with E-state index in [1.54, 1.807) is 30.3 Å². The molecule has 0 spiro atoms. The minimum absolute atomic E-state index is 0.182. The number of pyridine rings is 1. The van der Waals surface area contributed by atoms with E-state index in [4.69, 9.17) is 16.3 Å². The third-order valence-electron chi connectivity index (χ3n) is 5.59. The highest BCUT2D eigenvalue weighted by Crippen LogP contribution is 2.39. The van der Waals surface area contributed by atoms with Crippen LogP contribution in [0.2, 0.25) is 5.15 Å². The summed E-state index contributed by atoms with van der Waals surface area (Å²) in [5.74, 6) is 0.702. The van der Waals surface area contributed by atoms with Gasteiger partial charge in [0.25, 0.3) is 10.0 Å². The van der Waals surface area contributed by atoms with Gasteiger partial charge in [-0.1, -0.05) is 60.1 Å². The Morgan fingerprint density at radius 1 is 1.00 bits per heavy atom. The predicted molar refractivity (Wildman–Crippen MR) is 134 cm³/mol. The molecule has 1 aliphatic heterocycles. The van der Waals surface area contributed by atoms with E-state index in [0.717, 1.165) is 10.9 Å². The molecule has 1 aliphatic rings. The van der Waals surface area contributed by atoms with Crippen molar-refractivity contribution < 1.29 is 13.2 Å². The third kappa shape index (κ3) is 4.14. The topological polar surface area (TPSA) is 71.5 Å². The normalized spacial score (nSPS) is 16.3. The highest BCUT2D eigenvalue weighted by molar-refractivity contribution is 7.89. The molecular formula is C26H22ClN3O3S. The van der Waals surface area contributed by atoms with E-state index in [-0.39, 0.29) is 10.0 Å². The second-order valence-corrected chi connectivity index (χ2v) is 9.95. The lowest BCUT2D eigenvalue weighted by Crippen LogP contribution is -2.39. The Bertz CT molecular complexity index is 1480. The van der Waals surface area contributed by atoms with E-state index >= 15 is 0 Å². The molecule has 1 atom stereocenters. The molecule has 8 heteroatoms. The summed E-state index contributed by atoms with van der Waals surface area (Å²) >= 11 is 6.64. The maximum atomic E-state index is 13.6. The number of hydrazine groups is 1. The van der Waals surface area contributed by atoms with Crippen molar-refractivity contribution in [3.8, 4) is 5.75 Å². The molecule has 3 aromatic carbocycles. The highest BCUT2D eigenvalue weighted by atomic mass is 35.5. The first-order valence-corrected chi connectivity index (χ1v) is 12.7. The number of halogens is 1. The van der Waals surface area contributed by atoms with E-state index in [1.165, 1.54) is 4.41 Å². The molecule has 0 bridgehead atoms. The molecule has 0 fully saturated rings. The first-order valence-electron chi connectivity index (χ1n) is 10.8. The summed E-state index contributed by atoms with van der Waals surface area (Å²) < 4.78 is 34.1. The van der Waals surface area contributed by atoms with Crippen molar-refractivity contribution in [1.29, 1.82) is 0 Å². The molecule has 5 rings (SSSR count). The van der Waals surface area contributed by atoms with Crippen LogP contribution in [0, 0.1) is 0 Å². The van der Waals surface area contributed by atoms with Crippen LogP contribution in [0.3, 0.4) is 0 Å². The van der Waals surface area contributed by atoms with Crippen molar-refractivity contribution >= 4 is 38.2 Å². The van der Waals surface area contributed by atoms with Gasteiger partial charge in [-0.05, 0) is 48.9 Å². The zero-order valence-electron chi connectivity index (χ0n) is 18.4. The molecule has 2 heterocycles. The average molecular weight is 492 g/mol. The Hall–Kier alpha value is -3.39. The number of sulfonamides is 1. The lowest BCUT2D eigenvalue weighted by atomic mass is 10.0. The number of nitrogens with zero attached hydrogens (tertiary/aromatic N) is 2. The Labute approximate surface area is 203 Å². The van der Waals surface area contributed by atoms with Crippen LogP contribution in [0.4, 0.5) is 0 Å². The van der Waals surface area contributed by atoms with Gasteiger partial charge in [0.1, 0.15) is 10.9 Å². The average Bonchev–Trinajstić information content (AvgIpc) is 3.31. The SMILES string of the molecule is CCOc1ccc2cc([C@H]3C=C(c4ccccc4)NN3S(=O)(=O)c3ccccc3)c(Cl)nc2c1. The predicted octanol–water partition coefficient (Wildman–Crippen LogP) is 5.58. The largest absolute Gasteiger partial charge is 0.494 e. The van der Waals surface area contributed by atoms with Gasteiger partial charge < -0.3 is 10.2 Å². The number of hydrogen-bond acceptors (Lipinski definition) is 5. The zero-order valence-corrected chi connectivity index (χ0v) is 19.9. The lowest BCUT2D eigenvalue weighted by molar-refractivity contribution is 0.340. The maximum Gasteiger partial charge on any atom is 0.260 e. The van der Waals surface area contributed by atoms with Gasteiger partial charge in [-0.2, -0.15) is 0 Å². The number of ether oxygens (including phenoxy) is 1. The van der Waals surface area contributed by atoms with Crippen molar-refractivity contribution in [3.63, 3.8) is 0 Å². The van der Waals surface area contributed by atoms with E-state index in [0.29, 0.717) is 29.1 Å². The summed E-state index contributed by atoms with van der Waals surface area (Å²) in [5, 5.41) is 1.06. The Kier molecular flexibility index (Phi) is 6.00. The maximum absolute atomic E-state index is 13.6. The molecule has 0 aliphatic carbocycles. The molecule has 34 heavy (non-hydrogen) atoms. The van der Waals surface area contributed by atoms with Gasteiger partial charge in [0.2, 0.25) is 0 Å². The van der Waals surface area contributed by atoms with E-state index in [2.05, 4.69) is 10.4 Å². The molecule has 0 amide bonds. The zero-order chi connectivity index (χ0) is 23.7. The number of benzene rings is 3. The van der Waals surface area contributed by atoms with Gasteiger partial charge in [-0.15, -0.1) is 4.41 Å². The first-order chi connectivity index (χ1) is 16.5. The molecular weight excluding hydrogens is 470 g/mol. The van der Waals surface area contributed by atoms with Crippen LogP contribution in [0.15, 0.2) is 95.9 Å². The molecule has 0 saturated heterocycles. The van der Waals surface area contributed by atoms with Gasteiger partial charge in [0.15, 0.2) is 0 Å². The van der Waals surface area contributed by atoms with Crippen molar-refractivity contribution in [1.82, 2.24) is 14.8 Å². The monoisotopic (exact) mass is 491 g/mol. The smallest absolute Gasteiger partial charge is 0.260 e. The van der Waals surface area contributed by atoms with Crippen LogP contribution in [-0.4, -0.2) is 24.4 Å². The van der Waals surface area contributed by atoms with Crippen LogP contribution in [0.25, 0.3) is 16.6 Å². The van der Waals surface area contributed by atoms with Crippen molar-refractivity contribution in [3.05, 3.63) is 107 Å². The number of rotatable bonds is 6. The van der Waals surface area contributed by atoms with Gasteiger partial charge in [0.05, 0.1) is 28.8 Å². The fourth-order valence-electron chi connectivity index (χ4n) is 3.96. The van der Waals surface area contributed by atoms with Gasteiger partial charge in [0, 0.05) is 17.0 Å². The summed E-state index contributed by atoms with van der Waals surface area (Å²) in [6.45, 7) is 2.46. The quantitative estimate of drug-likeness (QED) is 0.356. The summed E-state index contributed by atoms with van der Waals surface area (Å²) in [6, 6.07) is 24.7. The van der Waals surface area contributed by atoms with Crippen LogP contribution in [0.5, 0.6) is 5.75 Å². The fourth-order valence-corrected chi connectivity index (χ4v) is 5.64. The molecule has 6 nitrogen and oxygen atoms in total. The summed E-state index contributed by atoms with van der Waals surface area (Å²) in [5.41, 5.74) is 5.89. The van der Waals surface area contributed by atoms with Gasteiger partial charge in [-0.3, -0.25) is 0 Å². The minimum atomic E-state index is -3.90. The molecule has 1 N–H and O–H groups in total. The van der Waals surface area contributed by atoms with Crippen LogP contribution in [0.1, 0.15) is 24.1 Å². The van der Waals surface area contributed by atoms with Crippen LogP contribution < -0.4 is 10.2 Å². The summed E-state index contributed by atoms with van der Waals surface area (Å²) in [4.78, 5) is 4.74. The second-order valence-electron chi connectivity index (χ2n) is 7.77. The summed E-state index contributed by atoms with van der Waals surface area (Å²) in [7, 11) is -3.90. The van der Waals surface area contributed by atoms with Crippen LogP contribution in [-0.2, 0) is 10.0 Å². The highest BCUT2D eigenvalue weighted by Gasteiger charge is 2.38. The number of nitrogens with one attached hydrogen (secondary N) is 1. The number of fused-ring (bicyclic) bond motifs is 1. The van der Waals surface area contributed by atoms with E-state index in [9.17, 15) is 8.42 Å². The van der Waals surface area contributed by atoms with E-state index in [1.807, 2.05) is 67.6 Å². The third-order valence-corrected chi connectivity index (χ3v) is 7.60. The van der Waals surface area contributed by atoms with E-state index < -0.39 is 16.1 Å². The standard InChI is InChI=1S/C26H22ClN3O3S/c1-2-33-20-14-13-19-15-22(26(27)28-23(19)16-20)25-17-24(18-9-5-3-6-10-18)29-30(25)34(31,32)21-11-7-4-8-12-21/h3-17,25,29H,2H2,1H3/t25-/m1/s1. The summed E-state index contributed by atoms with van der Waals surface area (Å²) in [6.07, 6.45) is 1.86. The van der Waals surface area contributed by atoms with Crippen molar-refractivity contribution in [2.45, 2.75) is 17.9 Å². The van der Waals surface area contributed by atoms with Crippen LogP contribution >= 0.6 is 11.6 Å². The van der Waals surface area contributed by atoms with Crippen molar-refractivity contribution in [2.24, 2.45) is 0 Å².